The van der Waals surface area contributed by atoms with Crippen LogP contribution in [0.2, 0.25) is 5.02 Å². The molecule has 0 unspecified atom stereocenters. The SMILES string of the molecule is NCC(=O)OC[C@H]1O[C@@H](n2cc(F)c(=O)n(COC(=O)CN)c2=O)C[C@@H]1OCc1ccc(Cl)cc1. The summed E-state index contributed by atoms with van der Waals surface area (Å²) in [5.74, 6) is -2.83. The van der Waals surface area contributed by atoms with E-state index in [0.717, 1.165) is 10.1 Å². The molecule has 0 amide bonds. The van der Waals surface area contributed by atoms with Crippen LogP contribution in [0, 0.1) is 5.82 Å². The smallest absolute Gasteiger partial charge is 0.336 e. The Bertz CT molecular complexity index is 1170. The van der Waals surface area contributed by atoms with Gasteiger partial charge in [0.05, 0.1) is 32.0 Å². The summed E-state index contributed by atoms with van der Waals surface area (Å²) in [5.41, 5.74) is 8.94. The zero-order valence-electron chi connectivity index (χ0n) is 18.4. The van der Waals surface area contributed by atoms with Crippen LogP contribution in [0.5, 0.6) is 0 Å². The normalized spacial score (nSPS) is 19.5. The number of carbonyl (C=O) groups is 2. The number of ether oxygens (including phenoxy) is 4. The highest BCUT2D eigenvalue weighted by Crippen LogP contribution is 2.31. The van der Waals surface area contributed by atoms with Gasteiger partial charge in [0.25, 0.3) is 5.56 Å². The van der Waals surface area contributed by atoms with Gasteiger partial charge in [-0.05, 0) is 17.7 Å². The van der Waals surface area contributed by atoms with Gasteiger partial charge < -0.3 is 30.4 Å². The lowest BCUT2D eigenvalue weighted by molar-refractivity contribution is -0.150. The van der Waals surface area contributed by atoms with Crippen molar-refractivity contribution in [2.45, 2.75) is 38.2 Å². The molecule has 1 aliphatic heterocycles. The zero-order valence-corrected chi connectivity index (χ0v) is 19.2. The standard InChI is InChI=1S/C21H24ClFN4O8/c22-13-3-1-12(2-4-13)9-32-15-5-17(35-16(15)10-33-18(28)6-24)26-8-14(23)20(30)27(21(26)31)11-34-19(29)7-25/h1-4,8,15-17H,5-7,9-11,24-25H2/t15-,16+,17+/m0/s1. The molecular formula is C21H24ClFN4O8. The lowest BCUT2D eigenvalue weighted by Crippen LogP contribution is -2.43. The van der Waals surface area contributed by atoms with Crippen LogP contribution in [0.25, 0.3) is 0 Å². The summed E-state index contributed by atoms with van der Waals surface area (Å²) >= 11 is 5.89. The van der Waals surface area contributed by atoms with Gasteiger partial charge in [0, 0.05) is 11.4 Å². The summed E-state index contributed by atoms with van der Waals surface area (Å²) in [6, 6.07) is 6.91. The Balaban J connectivity index is 1.82. The molecule has 2 heterocycles. The van der Waals surface area contributed by atoms with E-state index in [9.17, 15) is 23.6 Å². The Morgan fingerprint density at radius 2 is 1.77 bits per heavy atom. The van der Waals surface area contributed by atoms with Crippen molar-refractivity contribution in [1.29, 1.82) is 0 Å². The van der Waals surface area contributed by atoms with E-state index >= 15 is 0 Å². The molecule has 3 atom stereocenters. The summed E-state index contributed by atoms with van der Waals surface area (Å²) < 4.78 is 37.1. The fourth-order valence-electron chi connectivity index (χ4n) is 3.32. The van der Waals surface area contributed by atoms with Crippen LogP contribution >= 0.6 is 11.6 Å². The second-order valence-corrected chi connectivity index (χ2v) is 7.91. The molecule has 1 aliphatic rings. The van der Waals surface area contributed by atoms with Crippen molar-refractivity contribution in [3.8, 4) is 0 Å². The molecule has 0 radical (unpaired) electrons. The molecule has 14 heteroatoms. The van der Waals surface area contributed by atoms with Crippen LogP contribution in [0.4, 0.5) is 4.39 Å². The van der Waals surface area contributed by atoms with E-state index in [1.54, 1.807) is 24.3 Å². The van der Waals surface area contributed by atoms with E-state index in [-0.39, 0.29) is 26.2 Å². The average molecular weight is 515 g/mol. The van der Waals surface area contributed by atoms with Crippen molar-refractivity contribution >= 4 is 23.5 Å². The maximum Gasteiger partial charge on any atom is 0.336 e. The van der Waals surface area contributed by atoms with Crippen molar-refractivity contribution < 1.29 is 32.9 Å². The van der Waals surface area contributed by atoms with Gasteiger partial charge in [-0.1, -0.05) is 23.7 Å². The van der Waals surface area contributed by atoms with Crippen LogP contribution in [0.1, 0.15) is 18.2 Å². The number of benzene rings is 1. The highest BCUT2D eigenvalue weighted by atomic mass is 35.5. The van der Waals surface area contributed by atoms with E-state index in [1.807, 2.05) is 0 Å². The number of hydrogen-bond donors (Lipinski definition) is 2. The topological polar surface area (TPSA) is 167 Å². The van der Waals surface area contributed by atoms with Crippen LogP contribution in [0.15, 0.2) is 40.1 Å². The van der Waals surface area contributed by atoms with Crippen LogP contribution in [-0.2, 0) is 41.9 Å². The fourth-order valence-corrected chi connectivity index (χ4v) is 3.44. The molecule has 1 saturated heterocycles. The summed E-state index contributed by atoms with van der Waals surface area (Å²) in [5, 5.41) is 0.554. The Hall–Kier alpha value is -3.10. The minimum atomic E-state index is -1.28. The molecule has 0 aliphatic carbocycles. The Kier molecular flexibility index (Phi) is 9.12. The number of nitrogens with zero attached hydrogens (tertiary/aromatic N) is 2. The Morgan fingerprint density at radius 1 is 1.11 bits per heavy atom. The first-order chi connectivity index (χ1) is 16.7. The van der Waals surface area contributed by atoms with E-state index in [1.165, 1.54) is 0 Å². The quantitative estimate of drug-likeness (QED) is 0.399. The van der Waals surface area contributed by atoms with Crippen molar-refractivity contribution in [3.63, 3.8) is 0 Å². The van der Waals surface area contributed by atoms with Crippen molar-refractivity contribution in [1.82, 2.24) is 9.13 Å². The van der Waals surface area contributed by atoms with Crippen molar-refractivity contribution in [2.24, 2.45) is 11.5 Å². The number of esters is 2. The first kappa shape index (κ1) is 26.5. The van der Waals surface area contributed by atoms with E-state index in [4.69, 9.17) is 42.0 Å². The van der Waals surface area contributed by atoms with Gasteiger partial charge in [-0.3, -0.25) is 19.0 Å². The predicted molar refractivity (Wildman–Crippen MR) is 119 cm³/mol. The highest BCUT2D eigenvalue weighted by molar-refractivity contribution is 6.30. The molecule has 4 N–H and O–H groups in total. The van der Waals surface area contributed by atoms with Gasteiger partial charge in [0.15, 0.2) is 6.73 Å². The maximum atomic E-state index is 14.3. The summed E-state index contributed by atoms with van der Waals surface area (Å²) in [7, 11) is 0. The van der Waals surface area contributed by atoms with Gasteiger partial charge in [0.2, 0.25) is 5.82 Å². The molecular weight excluding hydrogens is 491 g/mol. The van der Waals surface area contributed by atoms with Gasteiger partial charge in [-0.2, -0.15) is 4.39 Å². The largest absolute Gasteiger partial charge is 0.462 e. The second kappa shape index (κ2) is 12.0. The lowest BCUT2D eigenvalue weighted by Gasteiger charge is -2.19. The second-order valence-electron chi connectivity index (χ2n) is 7.48. The first-order valence-electron chi connectivity index (χ1n) is 10.5. The zero-order chi connectivity index (χ0) is 25.5. The number of rotatable bonds is 10. The molecule has 0 saturated carbocycles. The number of aromatic nitrogens is 2. The molecule has 1 aromatic heterocycles. The molecule has 0 spiro atoms. The number of nitrogens with two attached hydrogens (primary N) is 2. The van der Waals surface area contributed by atoms with E-state index in [2.05, 4.69) is 0 Å². The van der Waals surface area contributed by atoms with Gasteiger partial charge in [-0.25, -0.2) is 9.36 Å². The third-order valence-corrected chi connectivity index (χ3v) is 5.37. The minimum absolute atomic E-state index is 0.0541. The lowest BCUT2D eigenvalue weighted by atomic mass is 10.1. The summed E-state index contributed by atoms with van der Waals surface area (Å²) in [4.78, 5) is 47.8. The van der Waals surface area contributed by atoms with Gasteiger partial charge in [0.1, 0.15) is 18.9 Å². The summed E-state index contributed by atoms with van der Waals surface area (Å²) in [6.45, 7) is -1.74. The number of halogens is 2. The van der Waals surface area contributed by atoms with Gasteiger partial charge >= 0.3 is 17.6 Å². The Morgan fingerprint density at radius 3 is 2.43 bits per heavy atom. The molecule has 35 heavy (non-hydrogen) atoms. The average Bonchev–Trinajstić information content (AvgIpc) is 3.26. The van der Waals surface area contributed by atoms with E-state index in [0.29, 0.717) is 15.8 Å². The molecule has 0 bridgehead atoms. The predicted octanol–water partition coefficient (Wildman–Crippen LogP) is -0.363. The molecule has 1 fully saturated rings. The third-order valence-electron chi connectivity index (χ3n) is 5.12. The van der Waals surface area contributed by atoms with Crippen molar-refractivity contribution in [2.75, 3.05) is 19.7 Å². The highest BCUT2D eigenvalue weighted by Gasteiger charge is 2.39. The number of carbonyl (C=O) groups excluding carboxylic acids is 2. The van der Waals surface area contributed by atoms with Gasteiger partial charge in [-0.15, -0.1) is 0 Å². The van der Waals surface area contributed by atoms with E-state index < -0.39 is 60.7 Å². The monoisotopic (exact) mass is 514 g/mol. The molecule has 2 aromatic rings. The van der Waals surface area contributed by atoms with Crippen LogP contribution < -0.4 is 22.7 Å². The van der Waals surface area contributed by atoms with Crippen LogP contribution in [0.3, 0.4) is 0 Å². The summed E-state index contributed by atoms with van der Waals surface area (Å²) in [6.07, 6.45) is -1.83. The number of hydrogen-bond acceptors (Lipinski definition) is 10. The van der Waals surface area contributed by atoms with Crippen LogP contribution in [-0.4, -0.2) is 53.0 Å². The molecule has 190 valence electrons. The maximum absolute atomic E-state index is 14.3. The minimum Gasteiger partial charge on any atom is -0.462 e. The fraction of sp³-hybridized carbons (Fsp3) is 0.429. The molecule has 1 aromatic carbocycles. The first-order valence-corrected chi connectivity index (χ1v) is 10.9. The molecule has 3 rings (SSSR count). The molecule has 12 nitrogen and oxygen atoms in total. The third kappa shape index (κ3) is 6.74. The van der Waals surface area contributed by atoms with Crippen molar-refractivity contribution in [3.05, 3.63) is 67.7 Å². The Labute approximate surface area is 203 Å².